The number of alkyl halides is 1. The van der Waals surface area contributed by atoms with Crippen LogP contribution in [-0.2, 0) is 10.0 Å². The molecule has 3 atom stereocenters. The first-order valence-electron chi connectivity index (χ1n) is 7.33. The Hall–Kier alpha value is -0.900. The molecular weight excluding hydrogens is 429 g/mol. The minimum Gasteiger partial charge on any atom is -0.468 e. The van der Waals surface area contributed by atoms with E-state index in [2.05, 4.69) is 22.6 Å². The Morgan fingerprint density at radius 3 is 2.57 bits per heavy atom. The lowest BCUT2D eigenvalue weighted by atomic mass is 10.1. The molecular formula is C16H18INO4S. The van der Waals surface area contributed by atoms with Gasteiger partial charge in [-0.15, -0.1) is 0 Å². The molecule has 0 radical (unpaired) electrons. The molecule has 0 unspecified atom stereocenters. The van der Waals surface area contributed by atoms with E-state index in [0.717, 1.165) is 5.56 Å². The number of hydrogen-bond donors (Lipinski definition) is 1. The van der Waals surface area contributed by atoms with E-state index in [4.69, 9.17) is 4.42 Å². The normalized spacial score (nSPS) is 25.8. The van der Waals surface area contributed by atoms with Crippen molar-refractivity contribution in [3.8, 4) is 0 Å². The maximum atomic E-state index is 13.1. The highest BCUT2D eigenvalue weighted by Gasteiger charge is 2.48. The predicted octanol–water partition coefficient (Wildman–Crippen LogP) is 2.89. The first-order valence-corrected chi connectivity index (χ1v) is 10.0. The number of sulfonamides is 1. The second kappa shape index (κ2) is 6.54. The Balaban J connectivity index is 2.07. The fraction of sp³-hybridized carbons (Fsp3) is 0.375. The molecule has 1 saturated heterocycles. The van der Waals surface area contributed by atoms with Crippen molar-refractivity contribution in [3.63, 3.8) is 0 Å². The van der Waals surface area contributed by atoms with Crippen LogP contribution in [0.1, 0.15) is 23.8 Å². The number of furan rings is 1. The van der Waals surface area contributed by atoms with Gasteiger partial charge in [-0.05, 0) is 37.6 Å². The van der Waals surface area contributed by atoms with Crippen molar-refractivity contribution < 1.29 is 17.9 Å². The van der Waals surface area contributed by atoms with Gasteiger partial charge in [0.05, 0.1) is 29.8 Å². The molecule has 1 aliphatic heterocycles. The summed E-state index contributed by atoms with van der Waals surface area (Å²) in [4.78, 5) is 0.239. The van der Waals surface area contributed by atoms with Crippen LogP contribution in [0.4, 0.5) is 0 Å². The Morgan fingerprint density at radius 1 is 1.30 bits per heavy atom. The van der Waals surface area contributed by atoms with Gasteiger partial charge in [-0.2, -0.15) is 4.31 Å². The maximum Gasteiger partial charge on any atom is 0.244 e. The van der Waals surface area contributed by atoms with Gasteiger partial charge in [0.2, 0.25) is 10.0 Å². The zero-order valence-electron chi connectivity index (χ0n) is 12.6. The minimum atomic E-state index is -3.72. The summed E-state index contributed by atoms with van der Waals surface area (Å²) in [5.41, 5.74) is 0.999. The van der Waals surface area contributed by atoms with Crippen LogP contribution in [0, 0.1) is 6.92 Å². The second-order valence-corrected chi connectivity index (χ2v) is 9.14. The van der Waals surface area contributed by atoms with Crippen LogP contribution in [0.15, 0.2) is 52.0 Å². The molecule has 2 aromatic rings. The number of hydrogen-bond acceptors (Lipinski definition) is 4. The molecule has 1 aromatic carbocycles. The maximum absolute atomic E-state index is 13.1. The van der Waals surface area contributed by atoms with Crippen LogP contribution in [0.25, 0.3) is 0 Å². The monoisotopic (exact) mass is 447 g/mol. The Morgan fingerprint density at radius 2 is 2.00 bits per heavy atom. The lowest BCUT2D eigenvalue weighted by Gasteiger charge is -2.28. The van der Waals surface area contributed by atoms with Crippen LogP contribution in [-0.4, -0.2) is 34.4 Å². The summed E-state index contributed by atoms with van der Waals surface area (Å²) in [6, 6.07) is 9.46. The van der Waals surface area contributed by atoms with Crippen molar-refractivity contribution in [1.82, 2.24) is 4.31 Å². The van der Waals surface area contributed by atoms with E-state index in [0.29, 0.717) is 12.2 Å². The molecule has 0 aliphatic carbocycles. The van der Waals surface area contributed by atoms with E-state index in [1.165, 1.54) is 4.31 Å². The van der Waals surface area contributed by atoms with Gasteiger partial charge in [0.15, 0.2) is 0 Å². The van der Waals surface area contributed by atoms with Gasteiger partial charge < -0.3 is 9.52 Å². The highest BCUT2D eigenvalue weighted by molar-refractivity contribution is 14.1. The molecule has 0 bridgehead atoms. The zero-order valence-corrected chi connectivity index (χ0v) is 15.6. The lowest BCUT2D eigenvalue weighted by Crippen LogP contribution is -2.39. The molecule has 5 nitrogen and oxygen atoms in total. The Bertz CT molecular complexity index is 758. The van der Waals surface area contributed by atoms with Crippen molar-refractivity contribution in [1.29, 1.82) is 0 Å². The van der Waals surface area contributed by atoms with E-state index in [-0.39, 0.29) is 15.4 Å². The van der Waals surface area contributed by atoms with Crippen LogP contribution < -0.4 is 0 Å². The molecule has 1 aromatic heterocycles. The van der Waals surface area contributed by atoms with Gasteiger partial charge in [0.1, 0.15) is 5.76 Å². The number of aryl methyl sites for hydroxylation is 1. The van der Waals surface area contributed by atoms with Crippen molar-refractivity contribution in [2.24, 2.45) is 0 Å². The molecule has 1 aliphatic rings. The summed E-state index contributed by atoms with van der Waals surface area (Å²) < 4.78 is 33.2. The number of rotatable bonds is 4. The predicted molar refractivity (Wildman–Crippen MR) is 95.0 cm³/mol. The lowest BCUT2D eigenvalue weighted by molar-refractivity contribution is 0.191. The summed E-state index contributed by atoms with van der Waals surface area (Å²) in [6.45, 7) is 1.71. The number of aliphatic hydroxyl groups excluding tert-OH is 1. The highest BCUT2D eigenvalue weighted by atomic mass is 127. The first kappa shape index (κ1) is 16.9. The fourth-order valence-electron chi connectivity index (χ4n) is 2.98. The largest absolute Gasteiger partial charge is 0.468 e. The third kappa shape index (κ3) is 3.07. The smallest absolute Gasteiger partial charge is 0.244 e. The molecule has 1 N–H and O–H groups in total. The van der Waals surface area contributed by atoms with Gasteiger partial charge in [-0.1, -0.05) is 40.3 Å². The van der Waals surface area contributed by atoms with Gasteiger partial charge in [-0.3, -0.25) is 0 Å². The van der Waals surface area contributed by atoms with Gasteiger partial charge >= 0.3 is 0 Å². The van der Waals surface area contributed by atoms with Gasteiger partial charge in [0.25, 0.3) is 0 Å². The zero-order chi connectivity index (χ0) is 16.6. The average Bonchev–Trinajstić information content (AvgIpc) is 3.14. The number of halogens is 1. The molecule has 0 saturated carbocycles. The fourth-order valence-corrected chi connectivity index (χ4v) is 6.30. The minimum absolute atomic E-state index is 0.0381. The quantitative estimate of drug-likeness (QED) is 0.578. The molecule has 23 heavy (non-hydrogen) atoms. The van der Waals surface area contributed by atoms with E-state index >= 15 is 0 Å². The summed E-state index contributed by atoms with van der Waals surface area (Å²) in [7, 11) is -3.72. The van der Waals surface area contributed by atoms with Crippen molar-refractivity contribution in [2.45, 2.75) is 34.2 Å². The van der Waals surface area contributed by atoms with Gasteiger partial charge in [0, 0.05) is 3.92 Å². The van der Waals surface area contributed by atoms with Crippen LogP contribution in [0.2, 0.25) is 0 Å². The molecule has 7 heteroatoms. The second-order valence-electron chi connectivity index (χ2n) is 5.70. The van der Waals surface area contributed by atoms with E-state index in [1.807, 2.05) is 6.92 Å². The number of benzene rings is 1. The third-order valence-electron chi connectivity index (χ3n) is 4.12. The van der Waals surface area contributed by atoms with E-state index < -0.39 is 22.1 Å². The van der Waals surface area contributed by atoms with Crippen molar-refractivity contribution >= 4 is 32.6 Å². The third-order valence-corrected chi connectivity index (χ3v) is 7.25. The number of nitrogens with zero attached hydrogens (tertiary/aromatic N) is 1. The molecule has 1 fully saturated rings. The van der Waals surface area contributed by atoms with Crippen molar-refractivity contribution in [3.05, 3.63) is 54.0 Å². The Labute approximate surface area is 149 Å². The summed E-state index contributed by atoms with van der Waals surface area (Å²) >= 11 is 2.24. The summed E-state index contributed by atoms with van der Waals surface area (Å²) in [5.74, 6) is 0.607. The van der Waals surface area contributed by atoms with E-state index in [1.54, 1.807) is 42.7 Å². The van der Waals surface area contributed by atoms with Crippen molar-refractivity contribution in [2.75, 3.05) is 6.61 Å². The standard InChI is InChI=1S/C16H18INO4S/c1-11-4-6-13(7-5-11)23(20,21)18-12(10-19)9-14(17)16(18)15-3-2-8-22-15/h2-8,12,14,16,19H,9-10H2,1H3/t12-,14-,16-/m0/s1. The van der Waals surface area contributed by atoms with Crippen LogP contribution >= 0.6 is 22.6 Å². The summed E-state index contributed by atoms with van der Waals surface area (Å²) in [6.07, 6.45) is 2.13. The Kier molecular flexibility index (Phi) is 4.82. The van der Waals surface area contributed by atoms with Crippen LogP contribution in [0.3, 0.4) is 0 Å². The number of aliphatic hydroxyl groups is 1. The first-order chi connectivity index (χ1) is 10.9. The SMILES string of the molecule is Cc1ccc(S(=O)(=O)N2[C@H](CO)C[C@H](I)[C@H]2c2ccco2)cc1. The molecule has 124 valence electrons. The average molecular weight is 447 g/mol. The summed E-state index contributed by atoms with van der Waals surface area (Å²) in [5, 5.41) is 9.68. The van der Waals surface area contributed by atoms with E-state index in [9.17, 15) is 13.5 Å². The topological polar surface area (TPSA) is 70.8 Å². The molecule has 2 heterocycles. The molecule has 3 rings (SSSR count). The van der Waals surface area contributed by atoms with Gasteiger partial charge in [-0.25, -0.2) is 8.42 Å². The van der Waals surface area contributed by atoms with Crippen LogP contribution in [0.5, 0.6) is 0 Å². The molecule has 0 amide bonds. The molecule has 0 spiro atoms. The highest BCUT2D eigenvalue weighted by Crippen LogP contribution is 2.44.